The molecule has 0 unspecified atom stereocenters. The Hall–Kier alpha value is -2.25. The van der Waals surface area contributed by atoms with Crippen LogP contribution in [0.5, 0.6) is 5.75 Å². The smallest absolute Gasteiger partial charge is 0.232 e. The van der Waals surface area contributed by atoms with Crippen LogP contribution in [-0.4, -0.2) is 40.3 Å². The zero-order valence-corrected chi connectivity index (χ0v) is 18.5. The Kier molecular flexibility index (Phi) is 8.34. The molecule has 0 aliphatic rings. The third-order valence-electron chi connectivity index (χ3n) is 4.32. The maximum atomic E-state index is 12.1. The molecule has 6 nitrogen and oxygen atoms in total. The number of carbonyl (C=O) groups excluding carboxylic acids is 1. The summed E-state index contributed by atoms with van der Waals surface area (Å²) in [7, 11) is -3.42. The summed E-state index contributed by atoms with van der Waals surface area (Å²) >= 11 is 6.05. The van der Waals surface area contributed by atoms with Gasteiger partial charge in [-0.25, -0.2) is 8.42 Å². The van der Waals surface area contributed by atoms with Crippen LogP contribution in [0.25, 0.3) is 0 Å². The highest BCUT2D eigenvalue weighted by atomic mass is 35.5. The van der Waals surface area contributed by atoms with E-state index in [0.717, 1.165) is 11.1 Å². The molecular weight excluding hydrogens is 412 g/mol. The molecule has 0 radical (unpaired) electrons. The first-order valence-corrected chi connectivity index (χ1v) is 11.6. The van der Waals surface area contributed by atoms with Crippen molar-refractivity contribution < 1.29 is 17.9 Å². The maximum Gasteiger partial charge on any atom is 0.232 e. The van der Waals surface area contributed by atoms with Crippen LogP contribution in [0.15, 0.2) is 42.5 Å². The topological polar surface area (TPSA) is 75.7 Å². The number of rotatable bonds is 10. The van der Waals surface area contributed by atoms with Crippen molar-refractivity contribution in [3.8, 4) is 5.75 Å². The largest absolute Gasteiger partial charge is 0.492 e. The summed E-state index contributed by atoms with van der Waals surface area (Å²) in [5.74, 6) is 0.504. The third kappa shape index (κ3) is 7.59. The fourth-order valence-corrected chi connectivity index (χ4v) is 3.83. The molecule has 158 valence electrons. The van der Waals surface area contributed by atoms with E-state index in [9.17, 15) is 13.2 Å². The Balaban J connectivity index is 1.74. The number of hydrogen-bond acceptors (Lipinski definition) is 4. The number of anilines is 1. The lowest BCUT2D eigenvalue weighted by atomic mass is 10.2. The number of halogens is 1. The third-order valence-corrected chi connectivity index (χ3v) is 5.92. The number of ether oxygens (including phenoxy) is 1. The lowest BCUT2D eigenvalue weighted by Crippen LogP contribution is -2.32. The van der Waals surface area contributed by atoms with Gasteiger partial charge in [-0.05, 0) is 50.1 Å². The van der Waals surface area contributed by atoms with Gasteiger partial charge in [0.05, 0.1) is 18.5 Å². The first-order valence-electron chi connectivity index (χ1n) is 9.37. The molecule has 0 bridgehead atoms. The van der Waals surface area contributed by atoms with E-state index in [0.29, 0.717) is 36.0 Å². The van der Waals surface area contributed by atoms with Gasteiger partial charge in [-0.1, -0.05) is 35.4 Å². The molecule has 0 fully saturated rings. The SMILES string of the molecule is Cc1ccc(N(CCCC(=O)NCCOc2ccc(C)c(Cl)c2)S(C)(=O)=O)cc1. The molecule has 8 heteroatoms. The van der Waals surface area contributed by atoms with Gasteiger partial charge in [-0.3, -0.25) is 9.10 Å². The van der Waals surface area contributed by atoms with E-state index in [-0.39, 0.29) is 18.9 Å². The van der Waals surface area contributed by atoms with Crippen LogP contribution in [0.3, 0.4) is 0 Å². The number of amides is 1. The van der Waals surface area contributed by atoms with Gasteiger partial charge in [0.1, 0.15) is 12.4 Å². The van der Waals surface area contributed by atoms with Crippen LogP contribution in [0.1, 0.15) is 24.0 Å². The molecule has 0 saturated carbocycles. The van der Waals surface area contributed by atoms with Gasteiger partial charge in [0, 0.05) is 18.0 Å². The van der Waals surface area contributed by atoms with E-state index in [1.54, 1.807) is 18.2 Å². The predicted octanol–water partition coefficient (Wildman–Crippen LogP) is 3.70. The average molecular weight is 439 g/mol. The molecule has 0 saturated heterocycles. The summed E-state index contributed by atoms with van der Waals surface area (Å²) in [6, 6.07) is 12.7. The normalized spacial score (nSPS) is 11.2. The van der Waals surface area contributed by atoms with Crippen molar-refractivity contribution >= 4 is 33.2 Å². The summed E-state index contributed by atoms with van der Waals surface area (Å²) in [5.41, 5.74) is 2.63. The number of benzene rings is 2. The molecule has 1 amide bonds. The summed E-state index contributed by atoms with van der Waals surface area (Å²) in [5, 5.41) is 3.41. The van der Waals surface area contributed by atoms with Gasteiger partial charge in [-0.2, -0.15) is 0 Å². The molecule has 2 rings (SSSR count). The highest BCUT2D eigenvalue weighted by Crippen LogP contribution is 2.21. The van der Waals surface area contributed by atoms with Crippen molar-refractivity contribution in [2.45, 2.75) is 26.7 Å². The van der Waals surface area contributed by atoms with Crippen LogP contribution < -0.4 is 14.4 Å². The van der Waals surface area contributed by atoms with Gasteiger partial charge in [0.15, 0.2) is 0 Å². The van der Waals surface area contributed by atoms with E-state index >= 15 is 0 Å². The summed E-state index contributed by atoms with van der Waals surface area (Å²) in [6.45, 7) is 4.78. The highest BCUT2D eigenvalue weighted by molar-refractivity contribution is 7.92. The summed E-state index contributed by atoms with van der Waals surface area (Å²) < 4.78 is 31.0. The quantitative estimate of drug-likeness (QED) is 0.574. The Morgan fingerprint density at radius 1 is 1.14 bits per heavy atom. The number of aryl methyl sites for hydroxylation is 2. The lowest BCUT2D eigenvalue weighted by Gasteiger charge is -2.22. The zero-order chi connectivity index (χ0) is 21.4. The minimum absolute atomic E-state index is 0.145. The molecule has 0 spiro atoms. The van der Waals surface area contributed by atoms with Crippen molar-refractivity contribution in [1.29, 1.82) is 0 Å². The lowest BCUT2D eigenvalue weighted by molar-refractivity contribution is -0.121. The standard InChI is InChI=1S/C21H27ClN2O4S/c1-16-6-9-18(10-7-16)24(29(3,26)27)13-4-5-21(25)23-12-14-28-19-11-8-17(2)20(22)15-19/h6-11,15H,4-5,12-14H2,1-3H3,(H,23,25). The molecule has 2 aromatic rings. The van der Waals surface area contributed by atoms with Crippen molar-refractivity contribution in [1.82, 2.24) is 5.32 Å². The van der Waals surface area contributed by atoms with Crippen molar-refractivity contribution in [3.05, 3.63) is 58.6 Å². The van der Waals surface area contributed by atoms with Crippen molar-refractivity contribution in [2.24, 2.45) is 0 Å². The molecule has 0 atom stereocenters. The van der Waals surface area contributed by atoms with Gasteiger partial charge in [-0.15, -0.1) is 0 Å². The van der Waals surface area contributed by atoms with Gasteiger partial charge in [0.2, 0.25) is 15.9 Å². The minimum Gasteiger partial charge on any atom is -0.492 e. The Bertz CT molecular complexity index is 930. The predicted molar refractivity (Wildman–Crippen MR) is 117 cm³/mol. The number of nitrogens with one attached hydrogen (secondary N) is 1. The average Bonchev–Trinajstić information content (AvgIpc) is 2.65. The first-order chi connectivity index (χ1) is 13.7. The van der Waals surface area contributed by atoms with Gasteiger partial charge in [0.25, 0.3) is 0 Å². The Morgan fingerprint density at radius 3 is 2.45 bits per heavy atom. The molecule has 1 N–H and O–H groups in total. The molecular formula is C21H27ClN2O4S. The Morgan fingerprint density at radius 2 is 1.83 bits per heavy atom. The molecule has 29 heavy (non-hydrogen) atoms. The second kappa shape index (κ2) is 10.5. The summed E-state index contributed by atoms with van der Waals surface area (Å²) in [6.07, 6.45) is 1.82. The Labute approximate surface area is 177 Å². The first kappa shape index (κ1) is 23.0. The second-order valence-corrected chi connectivity index (χ2v) is 9.20. The van der Waals surface area contributed by atoms with Crippen LogP contribution in [0.4, 0.5) is 5.69 Å². The van der Waals surface area contributed by atoms with Gasteiger partial charge < -0.3 is 10.1 Å². The van der Waals surface area contributed by atoms with Gasteiger partial charge >= 0.3 is 0 Å². The molecule has 0 heterocycles. The van der Waals surface area contributed by atoms with Crippen LogP contribution in [-0.2, 0) is 14.8 Å². The number of hydrogen-bond donors (Lipinski definition) is 1. The van der Waals surface area contributed by atoms with E-state index in [1.807, 2.05) is 38.1 Å². The number of carbonyl (C=O) groups is 1. The van der Waals surface area contributed by atoms with Crippen molar-refractivity contribution in [3.63, 3.8) is 0 Å². The summed E-state index contributed by atoms with van der Waals surface area (Å²) in [4.78, 5) is 12.0. The fraction of sp³-hybridized carbons (Fsp3) is 0.381. The van der Waals surface area contributed by atoms with E-state index < -0.39 is 10.0 Å². The van der Waals surface area contributed by atoms with Crippen LogP contribution in [0.2, 0.25) is 5.02 Å². The van der Waals surface area contributed by atoms with Crippen LogP contribution in [0, 0.1) is 13.8 Å². The van der Waals surface area contributed by atoms with Crippen LogP contribution >= 0.6 is 11.6 Å². The minimum atomic E-state index is -3.42. The highest BCUT2D eigenvalue weighted by Gasteiger charge is 2.17. The number of nitrogens with zero attached hydrogens (tertiary/aromatic N) is 1. The zero-order valence-electron chi connectivity index (χ0n) is 16.9. The molecule has 0 aromatic heterocycles. The maximum absolute atomic E-state index is 12.1. The van der Waals surface area contributed by atoms with Crippen molar-refractivity contribution in [2.75, 3.05) is 30.3 Å². The number of sulfonamides is 1. The van der Waals surface area contributed by atoms with E-state index in [4.69, 9.17) is 16.3 Å². The molecule has 2 aromatic carbocycles. The monoisotopic (exact) mass is 438 g/mol. The molecule has 0 aliphatic carbocycles. The second-order valence-electron chi connectivity index (χ2n) is 6.88. The van der Waals surface area contributed by atoms with E-state index in [1.165, 1.54) is 10.6 Å². The molecule has 0 aliphatic heterocycles. The fourth-order valence-electron chi connectivity index (χ4n) is 2.69. The van der Waals surface area contributed by atoms with E-state index in [2.05, 4.69) is 5.32 Å².